The average molecular weight is 573 g/mol. The molecule has 6 nitrogen and oxygen atoms in total. The lowest BCUT2D eigenvalue weighted by atomic mass is 9.83. The summed E-state index contributed by atoms with van der Waals surface area (Å²) in [5.74, 6) is 3.43. The molecule has 1 heterocycles. The van der Waals surface area contributed by atoms with Crippen LogP contribution in [-0.2, 0) is 16.0 Å². The molecule has 1 aliphatic rings. The van der Waals surface area contributed by atoms with Gasteiger partial charge in [-0.05, 0) is 87.8 Å². The molecule has 3 atom stereocenters. The smallest absolute Gasteiger partial charge is 0.311 e. The molecule has 2 rings (SSSR count). The minimum atomic E-state index is -0.394. The van der Waals surface area contributed by atoms with Crippen LogP contribution in [0.4, 0.5) is 0 Å². The predicted molar refractivity (Wildman–Crippen MR) is 170 cm³/mol. The molecule has 1 amide bonds. The summed E-state index contributed by atoms with van der Waals surface area (Å²) in [5, 5.41) is 2.69. The third-order valence-electron chi connectivity index (χ3n) is 9.08. The number of fused-ring (bicyclic) bond motifs is 1. The van der Waals surface area contributed by atoms with Crippen LogP contribution in [0, 0.1) is 38.5 Å². The molecular formula is C35H60N2O4. The van der Waals surface area contributed by atoms with Gasteiger partial charge < -0.3 is 20.5 Å². The third kappa shape index (κ3) is 11.6. The van der Waals surface area contributed by atoms with Gasteiger partial charge in [0.1, 0.15) is 17.1 Å². The molecule has 3 N–H and O–H groups in total. The number of esters is 1. The van der Waals surface area contributed by atoms with Crippen molar-refractivity contribution >= 4 is 11.9 Å². The molecule has 234 valence electrons. The van der Waals surface area contributed by atoms with Gasteiger partial charge in [0.2, 0.25) is 5.91 Å². The van der Waals surface area contributed by atoms with E-state index in [9.17, 15) is 9.59 Å². The van der Waals surface area contributed by atoms with Crippen molar-refractivity contribution in [1.82, 2.24) is 5.32 Å². The monoisotopic (exact) mass is 572 g/mol. The Morgan fingerprint density at radius 3 is 2.12 bits per heavy atom. The van der Waals surface area contributed by atoms with Crippen LogP contribution in [0.5, 0.6) is 11.5 Å². The van der Waals surface area contributed by atoms with Gasteiger partial charge in [-0.1, -0.05) is 72.6 Å². The Balaban J connectivity index is 1.86. The van der Waals surface area contributed by atoms with E-state index in [4.69, 9.17) is 15.2 Å². The SMILES string of the molecule is Cc1c(C)c2c(c(C)c1OC(=O)CCC(=O)NCCN)CCC(C)(CCCC(C)CCCC(C)CCCC(C)C)O2. The third-order valence-corrected chi connectivity index (χ3v) is 9.08. The van der Waals surface area contributed by atoms with Crippen LogP contribution in [0.1, 0.15) is 134 Å². The van der Waals surface area contributed by atoms with E-state index in [0.717, 1.165) is 65.0 Å². The van der Waals surface area contributed by atoms with Gasteiger partial charge in [0.15, 0.2) is 0 Å². The van der Waals surface area contributed by atoms with Crippen molar-refractivity contribution in [3.63, 3.8) is 0 Å². The molecule has 41 heavy (non-hydrogen) atoms. The van der Waals surface area contributed by atoms with Gasteiger partial charge in [0.25, 0.3) is 0 Å². The van der Waals surface area contributed by atoms with Crippen LogP contribution in [-0.4, -0.2) is 30.6 Å². The average Bonchev–Trinajstić information content (AvgIpc) is 2.91. The number of carbonyl (C=O) groups excluding carboxylic acids is 2. The molecule has 0 aromatic heterocycles. The van der Waals surface area contributed by atoms with Crippen molar-refractivity contribution in [2.24, 2.45) is 23.5 Å². The molecule has 3 unspecified atom stereocenters. The quantitative estimate of drug-likeness (QED) is 0.138. The maximum Gasteiger partial charge on any atom is 0.311 e. The van der Waals surface area contributed by atoms with E-state index >= 15 is 0 Å². The summed E-state index contributed by atoms with van der Waals surface area (Å²) in [7, 11) is 0. The lowest BCUT2D eigenvalue weighted by Crippen LogP contribution is -2.37. The van der Waals surface area contributed by atoms with Crippen molar-refractivity contribution in [1.29, 1.82) is 0 Å². The number of hydrogen-bond donors (Lipinski definition) is 2. The highest BCUT2D eigenvalue weighted by atomic mass is 16.5. The molecule has 0 radical (unpaired) electrons. The summed E-state index contributed by atoms with van der Waals surface area (Å²) in [6, 6.07) is 0. The molecule has 0 saturated carbocycles. The van der Waals surface area contributed by atoms with E-state index in [-0.39, 0.29) is 24.3 Å². The molecule has 6 heteroatoms. The van der Waals surface area contributed by atoms with Gasteiger partial charge in [-0.25, -0.2) is 0 Å². The molecular weight excluding hydrogens is 512 g/mol. The van der Waals surface area contributed by atoms with E-state index in [1.165, 1.54) is 51.4 Å². The second-order valence-corrected chi connectivity index (χ2v) is 13.5. The van der Waals surface area contributed by atoms with Gasteiger partial charge >= 0.3 is 5.97 Å². The number of carbonyl (C=O) groups is 2. The Kier molecular flexibility index (Phi) is 14.7. The van der Waals surface area contributed by atoms with Crippen LogP contribution in [0.15, 0.2) is 0 Å². The van der Waals surface area contributed by atoms with Gasteiger partial charge in [-0.15, -0.1) is 0 Å². The summed E-state index contributed by atoms with van der Waals surface area (Å²) < 4.78 is 12.5. The number of amides is 1. The van der Waals surface area contributed by atoms with E-state index in [2.05, 4.69) is 46.9 Å². The minimum Gasteiger partial charge on any atom is -0.487 e. The van der Waals surface area contributed by atoms with Crippen LogP contribution in [0.2, 0.25) is 0 Å². The van der Waals surface area contributed by atoms with Crippen molar-refractivity contribution < 1.29 is 19.1 Å². The summed E-state index contributed by atoms with van der Waals surface area (Å²) in [4.78, 5) is 24.4. The van der Waals surface area contributed by atoms with Crippen molar-refractivity contribution in [2.75, 3.05) is 13.1 Å². The number of nitrogens with one attached hydrogen (secondary N) is 1. The predicted octanol–water partition coefficient (Wildman–Crippen LogP) is 7.90. The maximum atomic E-state index is 12.6. The first-order chi connectivity index (χ1) is 19.4. The molecule has 1 aromatic rings. The second-order valence-electron chi connectivity index (χ2n) is 13.5. The molecule has 0 bridgehead atoms. The van der Waals surface area contributed by atoms with E-state index in [1.54, 1.807) is 0 Å². The first-order valence-electron chi connectivity index (χ1n) is 16.4. The summed E-state index contributed by atoms with van der Waals surface area (Å²) in [5.41, 5.74) is 9.33. The molecule has 1 aromatic carbocycles. The molecule has 0 fully saturated rings. The van der Waals surface area contributed by atoms with Gasteiger partial charge in [-0.2, -0.15) is 0 Å². The zero-order valence-corrected chi connectivity index (χ0v) is 27.5. The fourth-order valence-corrected chi connectivity index (χ4v) is 6.09. The van der Waals surface area contributed by atoms with Crippen molar-refractivity contribution in [2.45, 2.75) is 144 Å². The fraction of sp³-hybridized carbons (Fsp3) is 0.771. The Hall–Kier alpha value is -2.08. The highest BCUT2D eigenvalue weighted by molar-refractivity contribution is 5.82. The highest BCUT2D eigenvalue weighted by Crippen LogP contribution is 2.45. The standard InChI is InChI=1S/C35H60N2O4/c1-24(2)12-9-13-25(3)14-10-15-26(4)16-11-20-35(8)21-19-30-29(7)33(27(5)28(6)34(30)41-35)40-32(39)18-17-31(38)37-23-22-36/h24-26H,9-23,36H2,1-8H3,(H,37,38). The Labute approximate surface area is 250 Å². The normalized spacial score (nSPS) is 18.0. The van der Waals surface area contributed by atoms with Gasteiger partial charge in [0, 0.05) is 25.1 Å². The van der Waals surface area contributed by atoms with E-state index in [1.807, 2.05) is 13.8 Å². The Morgan fingerprint density at radius 2 is 1.51 bits per heavy atom. The Morgan fingerprint density at radius 1 is 0.902 bits per heavy atom. The molecule has 0 aliphatic carbocycles. The van der Waals surface area contributed by atoms with Crippen LogP contribution in [0.25, 0.3) is 0 Å². The number of rotatable bonds is 18. The van der Waals surface area contributed by atoms with Crippen LogP contribution >= 0.6 is 0 Å². The fourth-order valence-electron chi connectivity index (χ4n) is 6.09. The molecule has 0 spiro atoms. The Bertz CT molecular complexity index is 989. The van der Waals surface area contributed by atoms with Crippen LogP contribution < -0.4 is 20.5 Å². The second kappa shape index (κ2) is 17.1. The van der Waals surface area contributed by atoms with Crippen molar-refractivity contribution in [3.8, 4) is 11.5 Å². The summed E-state index contributed by atoms with van der Waals surface area (Å²) >= 11 is 0. The van der Waals surface area contributed by atoms with Gasteiger partial charge in [-0.3, -0.25) is 9.59 Å². The molecule has 1 aliphatic heterocycles. The zero-order chi connectivity index (χ0) is 30.6. The lowest BCUT2D eigenvalue weighted by Gasteiger charge is -2.38. The zero-order valence-electron chi connectivity index (χ0n) is 27.5. The topological polar surface area (TPSA) is 90.7 Å². The lowest BCUT2D eigenvalue weighted by molar-refractivity contribution is -0.136. The van der Waals surface area contributed by atoms with E-state index < -0.39 is 5.97 Å². The van der Waals surface area contributed by atoms with E-state index in [0.29, 0.717) is 18.8 Å². The maximum absolute atomic E-state index is 12.6. The van der Waals surface area contributed by atoms with Crippen LogP contribution in [0.3, 0.4) is 0 Å². The largest absolute Gasteiger partial charge is 0.487 e. The summed E-state index contributed by atoms with van der Waals surface area (Å²) in [6.45, 7) is 18.6. The first kappa shape index (κ1) is 35.1. The number of ether oxygens (including phenoxy) is 2. The summed E-state index contributed by atoms with van der Waals surface area (Å²) in [6.07, 6.45) is 13.6. The number of hydrogen-bond acceptors (Lipinski definition) is 5. The number of nitrogens with two attached hydrogens (primary N) is 1. The minimum absolute atomic E-state index is 0.0374. The highest BCUT2D eigenvalue weighted by Gasteiger charge is 2.34. The molecule has 0 saturated heterocycles. The number of benzene rings is 1. The van der Waals surface area contributed by atoms with Gasteiger partial charge in [0.05, 0.1) is 6.42 Å². The first-order valence-corrected chi connectivity index (χ1v) is 16.4. The van der Waals surface area contributed by atoms with Crippen molar-refractivity contribution in [3.05, 3.63) is 22.3 Å².